The molecule has 0 aromatic carbocycles. The third kappa shape index (κ3) is 2.46. The van der Waals surface area contributed by atoms with E-state index in [0.717, 1.165) is 19.1 Å². The molecule has 1 saturated heterocycles. The van der Waals surface area contributed by atoms with Crippen molar-refractivity contribution < 1.29 is 4.74 Å². The molecule has 2 unspecified atom stereocenters. The van der Waals surface area contributed by atoms with Crippen molar-refractivity contribution >= 4 is 0 Å². The number of methoxy groups -OCH3 is 1. The third-order valence-corrected chi connectivity index (χ3v) is 2.81. The molecule has 0 amide bonds. The van der Waals surface area contributed by atoms with Crippen LogP contribution in [0.15, 0.2) is 0 Å². The maximum Gasteiger partial charge on any atom is 0.0615 e. The zero-order chi connectivity index (χ0) is 9.19. The molecule has 2 atom stereocenters. The summed E-state index contributed by atoms with van der Waals surface area (Å²) in [5.74, 6) is 0.803. The third-order valence-electron chi connectivity index (χ3n) is 2.81. The number of ether oxygens (including phenoxy) is 1. The minimum Gasteiger partial charge on any atom is -0.383 e. The van der Waals surface area contributed by atoms with Crippen LogP contribution in [0, 0.1) is 11.3 Å². The van der Waals surface area contributed by atoms with E-state index < -0.39 is 0 Å². The van der Waals surface area contributed by atoms with Crippen molar-refractivity contribution in [3.63, 3.8) is 0 Å². The topological polar surface area (TPSA) is 21.3 Å². The summed E-state index contributed by atoms with van der Waals surface area (Å²) >= 11 is 0. The maximum absolute atomic E-state index is 5.12. The summed E-state index contributed by atoms with van der Waals surface area (Å²) in [7, 11) is 1.77. The summed E-state index contributed by atoms with van der Waals surface area (Å²) in [5.41, 5.74) is 0.440. The molecule has 0 aromatic rings. The Bertz CT molecular complexity index is 139. The Balaban J connectivity index is 2.35. The summed E-state index contributed by atoms with van der Waals surface area (Å²) in [5, 5.41) is 3.49. The van der Waals surface area contributed by atoms with Crippen molar-refractivity contribution in [2.45, 2.75) is 33.2 Å². The molecule has 0 saturated carbocycles. The fourth-order valence-corrected chi connectivity index (χ4v) is 1.81. The van der Waals surface area contributed by atoms with Crippen LogP contribution in [-0.2, 0) is 4.74 Å². The molecule has 0 bridgehead atoms. The van der Waals surface area contributed by atoms with Gasteiger partial charge in [-0.3, -0.25) is 0 Å². The van der Waals surface area contributed by atoms with Gasteiger partial charge >= 0.3 is 0 Å². The van der Waals surface area contributed by atoms with E-state index in [1.807, 2.05) is 0 Å². The van der Waals surface area contributed by atoms with E-state index in [1.165, 1.54) is 6.42 Å². The Morgan fingerprint density at radius 3 is 2.50 bits per heavy atom. The van der Waals surface area contributed by atoms with E-state index in [4.69, 9.17) is 4.74 Å². The molecule has 1 aliphatic rings. The van der Waals surface area contributed by atoms with Crippen molar-refractivity contribution in [3.05, 3.63) is 0 Å². The van der Waals surface area contributed by atoms with Gasteiger partial charge in [-0.15, -0.1) is 0 Å². The van der Waals surface area contributed by atoms with Gasteiger partial charge in [-0.1, -0.05) is 20.8 Å². The van der Waals surface area contributed by atoms with Crippen molar-refractivity contribution in [1.29, 1.82) is 0 Å². The van der Waals surface area contributed by atoms with E-state index in [2.05, 4.69) is 26.1 Å². The lowest BCUT2D eigenvalue weighted by molar-refractivity contribution is 0.167. The zero-order valence-electron chi connectivity index (χ0n) is 8.68. The highest BCUT2D eigenvalue weighted by atomic mass is 16.5. The SMILES string of the molecule is COCC1CC(C(C)(C)C)CN1. The minimum absolute atomic E-state index is 0.440. The monoisotopic (exact) mass is 171 g/mol. The predicted molar refractivity (Wildman–Crippen MR) is 51.2 cm³/mol. The average Bonchev–Trinajstić information content (AvgIpc) is 2.35. The van der Waals surface area contributed by atoms with Gasteiger partial charge in [0.05, 0.1) is 6.61 Å². The number of rotatable bonds is 2. The van der Waals surface area contributed by atoms with Crippen molar-refractivity contribution in [2.24, 2.45) is 11.3 Å². The number of nitrogens with one attached hydrogen (secondary N) is 1. The summed E-state index contributed by atoms with van der Waals surface area (Å²) in [6.07, 6.45) is 1.26. The predicted octanol–water partition coefficient (Wildman–Crippen LogP) is 1.66. The largest absolute Gasteiger partial charge is 0.383 e. The van der Waals surface area contributed by atoms with Gasteiger partial charge in [0.2, 0.25) is 0 Å². The molecule has 1 rings (SSSR count). The molecular weight excluding hydrogens is 150 g/mol. The first-order valence-electron chi connectivity index (χ1n) is 4.76. The van der Waals surface area contributed by atoms with Crippen LogP contribution in [0.25, 0.3) is 0 Å². The molecule has 12 heavy (non-hydrogen) atoms. The van der Waals surface area contributed by atoms with Gasteiger partial charge in [0.1, 0.15) is 0 Å². The van der Waals surface area contributed by atoms with Crippen LogP contribution in [0.3, 0.4) is 0 Å². The fourth-order valence-electron chi connectivity index (χ4n) is 1.81. The van der Waals surface area contributed by atoms with E-state index in [-0.39, 0.29) is 0 Å². The molecule has 0 aromatic heterocycles. The summed E-state index contributed by atoms with van der Waals surface area (Å²) in [4.78, 5) is 0. The lowest BCUT2D eigenvalue weighted by atomic mass is 9.79. The summed E-state index contributed by atoms with van der Waals surface area (Å²) < 4.78 is 5.12. The maximum atomic E-state index is 5.12. The van der Waals surface area contributed by atoms with Crippen molar-refractivity contribution in [3.8, 4) is 0 Å². The Morgan fingerprint density at radius 1 is 1.42 bits per heavy atom. The molecule has 0 spiro atoms. The van der Waals surface area contributed by atoms with Crippen molar-refractivity contribution in [2.75, 3.05) is 20.3 Å². The van der Waals surface area contributed by atoms with Crippen LogP contribution in [0.4, 0.5) is 0 Å². The summed E-state index contributed by atoms with van der Waals surface area (Å²) in [6, 6.07) is 0.583. The second-order valence-electron chi connectivity index (χ2n) is 4.86. The Labute approximate surface area is 75.7 Å². The second-order valence-corrected chi connectivity index (χ2v) is 4.86. The fraction of sp³-hybridized carbons (Fsp3) is 1.00. The lowest BCUT2D eigenvalue weighted by Gasteiger charge is -2.26. The number of hydrogen-bond acceptors (Lipinski definition) is 2. The molecule has 1 fully saturated rings. The quantitative estimate of drug-likeness (QED) is 0.682. The van der Waals surface area contributed by atoms with E-state index in [1.54, 1.807) is 7.11 Å². The Morgan fingerprint density at radius 2 is 2.08 bits per heavy atom. The molecule has 1 N–H and O–H groups in total. The highest BCUT2D eigenvalue weighted by molar-refractivity contribution is 4.87. The van der Waals surface area contributed by atoms with Crippen LogP contribution in [0.2, 0.25) is 0 Å². The molecule has 2 heteroatoms. The van der Waals surface area contributed by atoms with E-state index in [9.17, 15) is 0 Å². The molecule has 72 valence electrons. The molecular formula is C10H21NO. The van der Waals surface area contributed by atoms with Crippen LogP contribution < -0.4 is 5.32 Å². The van der Waals surface area contributed by atoms with Crippen molar-refractivity contribution in [1.82, 2.24) is 5.32 Å². The first kappa shape index (κ1) is 10.0. The van der Waals surface area contributed by atoms with Gasteiger partial charge < -0.3 is 10.1 Å². The molecule has 1 heterocycles. The van der Waals surface area contributed by atoms with Gasteiger partial charge in [-0.25, -0.2) is 0 Å². The minimum atomic E-state index is 0.440. The van der Waals surface area contributed by atoms with Crippen LogP contribution in [0.1, 0.15) is 27.2 Å². The first-order chi connectivity index (χ1) is 5.54. The zero-order valence-corrected chi connectivity index (χ0v) is 8.68. The van der Waals surface area contributed by atoms with E-state index in [0.29, 0.717) is 11.5 Å². The smallest absolute Gasteiger partial charge is 0.0615 e. The van der Waals surface area contributed by atoms with Crippen LogP contribution in [0.5, 0.6) is 0 Å². The Hall–Kier alpha value is -0.0800. The highest BCUT2D eigenvalue weighted by Crippen LogP contribution is 2.32. The lowest BCUT2D eigenvalue weighted by Crippen LogP contribution is -2.26. The van der Waals surface area contributed by atoms with Gasteiger partial charge in [-0.05, 0) is 24.3 Å². The molecule has 1 aliphatic heterocycles. The van der Waals surface area contributed by atoms with Gasteiger partial charge in [0, 0.05) is 13.2 Å². The second kappa shape index (κ2) is 3.75. The highest BCUT2D eigenvalue weighted by Gasteiger charge is 2.32. The normalized spacial score (nSPS) is 31.0. The molecule has 0 radical (unpaired) electrons. The summed E-state index contributed by atoms with van der Waals surface area (Å²) in [6.45, 7) is 8.95. The first-order valence-corrected chi connectivity index (χ1v) is 4.76. The van der Waals surface area contributed by atoms with Gasteiger partial charge in [0.25, 0.3) is 0 Å². The standard InChI is InChI=1S/C10H21NO/c1-10(2,3)8-5-9(7-12-4)11-6-8/h8-9,11H,5-7H2,1-4H3. The molecule has 0 aliphatic carbocycles. The van der Waals surface area contributed by atoms with Crippen LogP contribution >= 0.6 is 0 Å². The van der Waals surface area contributed by atoms with Gasteiger partial charge in [0.15, 0.2) is 0 Å². The molecule has 2 nitrogen and oxygen atoms in total. The Kier molecular flexibility index (Phi) is 3.13. The van der Waals surface area contributed by atoms with Gasteiger partial charge in [-0.2, -0.15) is 0 Å². The number of hydrogen-bond donors (Lipinski definition) is 1. The average molecular weight is 171 g/mol. The van der Waals surface area contributed by atoms with E-state index >= 15 is 0 Å². The van der Waals surface area contributed by atoms with Crippen LogP contribution in [-0.4, -0.2) is 26.3 Å².